The second-order valence-corrected chi connectivity index (χ2v) is 6.51. The van der Waals surface area contributed by atoms with Crippen molar-refractivity contribution in [3.8, 4) is 0 Å². The smallest absolute Gasteiger partial charge is 0.259 e. The Labute approximate surface area is 128 Å². The number of carbonyl (C=O) groups is 1. The zero-order chi connectivity index (χ0) is 15.0. The van der Waals surface area contributed by atoms with Crippen LogP contribution in [0, 0.1) is 20.8 Å². The number of piperidine rings is 1. The molecule has 6 heteroatoms. The maximum atomic E-state index is 12.7. The summed E-state index contributed by atoms with van der Waals surface area (Å²) in [4.78, 5) is 19.2. The summed E-state index contributed by atoms with van der Waals surface area (Å²) in [6.07, 6.45) is 2.11. The van der Waals surface area contributed by atoms with E-state index in [1.54, 1.807) is 18.3 Å². The number of rotatable bonds is 2. The van der Waals surface area contributed by atoms with Gasteiger partial charge in [-0.15, -0.1) is 11.3 Å². The molecule has 1 aliphatic rings. The molecule has 0 bridgehead atoms. The fourth-order valence-electron chi connectivity index (χ4n) is 2.87. The molecule has 0 aliphatic carbocycles. The largest absolute Gasteiger partial charge is 0.361 e. The van der Waals surface area contributed by atoms with E-state index in [0.717, 1.165) is 36.6 Å². The van der Waals surface area contributed by atoms with Gasteiger partial charge < -0.3 is 9.42 Å². The van der Waals surface area contributed by atoms with Crippen molar-refractivity contribution in [2.45, 2.75) is 39.5 Å². The average Bonchev–Trinajstić information content (AvgIpc) is 3.05. The van der Waals surface area contributed by atoms with Gasteiger partial charge in [0, 0.05) is 30.1 Å². The summed E-state index contributed by atoms with van der Waals surface area (Å²) < 4.78 is 5.11. The standard InChI is InChI=1S/C15H19N3O2S/c1-9-8-21-14(16-9)12-5-4-6-18(7-12)15(19)13-10(2)17-20-11(13)3/h8,12H,4-7H2,1-3H3. The molecule has 5 nitrogen and oxygen atoms in total. The SMILES string of the molecule is Cc1csc(C2CCCN(C(=O)c3c(C)noc3C)C2)n1. The van der Waals surface area contributed by atoms with Crippen LogP contribution in [0.3, 0.4) is 0 Å². The molecule has 21 heavy (non-hydrogen) atoms. The lowest BCUT2D eigenvalue weighted by Crippen LogP contribution is -2.39. The molecule has 2 aromatic heterocycles. The van der Waals surface area contributed by atoms with Crippen LogP contribution >= 0.6 is 11.3 Å². The number of hydrogen-bond donors (Lipinski definition) is 0. The van der Waals surface area contributed by atoms with Gasteiger partial charge in [0.25, 0.3) is 5.91 Å². The van der Waals surface area contributed by atoms with Crippen molar-refractivity contribution < 1.29 is 9.32 Å². The Morgan fingerprint density at radius 3 is 2.86 bits per heavy atom. The van der Waals surface area contributed by atoms with E-state index in [1.807, 2.05) is 18.7 Å². The molecule has 0 spiro atoms. The van der Waals surface area contributed by atoms with Gasteiger partial charge in [-0.25, -0.2) is 4.98 Å². The molecular formula is C15H19N3O2S. The van der Waals surface area contributed by atoms with E-state index in [9.17, 15) is 4.79 Å². The van der Waals surface area contributed by atoms with Crippen LogP contribution in [-0.4, -0.2) is 34.0 Å². The Balaban J connectivity index is 1.78. The first-order chi connectivity index (χ1) is 10.1. The number of aromatic nitrogens is 2. The van der Waals surface area contributed by atoms with E-state index in [1.165, 1.54) is 0 Å². The first-order valence-electron chi connectivity index (χ1n) is 7.20. The maximum absolute atomic E-state index is 12.7. The van der Waals surface area contributed by atoms with Gasteiger partial charge in [-0.05, 0) is 33.6 Å². The topological polar surface area (TPSA) is 59.2 Å². The highest BCUT2D eigenvalue weighted by Crippen LogP contribution is 2.30. The molecule has 1 saturated heterocycles. The highest BCUT2D eigenvalue weighted by Gasteiger charge is 2.29. The average molecular weight is 305 g/mol. The molecule has 1 unspecified atom stereocenters. The fourth-order valence-corrected chi connectivity index (χ4v) is 3.79. The van der Waals surface area contributed by atoms with Crippen molar-refractivity contribution in [2.24, 2.45) is 0 Å². The molecule has 3 rings (SSSR count). The summed E-state index contributed by atoms with van der Waals surface area (Å²) in [5, 5.41) is 7.10. The first kappa shape index (κ1) is 14.3. The lowest BCUT2D eigenvalue weighted by molar-refractivity contribution is 0.0704. The Morgan fingerprint density at radius 2 is 2.24 bits per heavy atom. The molecule has 0 N–H and O–H groups in total. The van der Waals surface area contributed by atoms with Gasteiger partial charge in [0.05, 0.1) is 10.7 Å². The van der Waals surface area contributed by atoms with Gasteiger partial charge >= 0.3 is 0 Å². The van der Waals surface area contributed by atoms with Crippen LogP contribution < -0.4 is 0 Å². The summed E-state index contributed by atoms with van der Waals surface area (Å²) in [6.45, 7) is 7.14. The minimum Gasteiger partial charge on any atom is -0.361 e. The lowest BCUT2D eigenvalue weighted by Gasteiger charge is -2.31. The Morgan fingerprint density at radius 1 is 1.43 bits per heavy atom. The highest BCUT2D eigenvalue weighted by molar-refractivity contribution is 7.09. The third-order valence-corrected chi connectivity index (χ3v) is 5.07. The molecule has 0 radical (unpaired) electrons. The van der Waals surface area contributed by atoms with E-state index >= 15 is 0 Å². The number of carbonyl (C=O) groups excluding carboxylic acids is 1. The van der Waals surface area contributed by atoms with E-state index in [0.29, 0.717) is 22.9 Å². The molecule has 0 aromatic carbocycles. The predicted molar refractivity (Wildman–Crippen MR) is 80.7 cm³/mol. The van der Waals surface area contributed by atoms with Crippen LogP contribution in [0.15, 0.2) is 9.90 Å². The second-order valence-electron chi connectivity index (χ2n) is 5.62. The Hall–Kier alpha value is -1.69. The number of nitrogens with zero attached hydrogens (tertiary/aromatic N) is 3. The van der Waals surface area contributed by atoms with Gasteiger partial charge in [0.2, 0.25) is 0 Å². The van der Waals surface area contributed by atoms with Crippen LogP contribution in [-0.2, 0) is 0 Å². The minimum atomic E-state index is 0.0317. The van der Waals surface area contributed by atoms with Crippen molar-refractivity contribution in [1.82, 2.24) is 15.0 Å². The molecule has 2 aromatic rings. The van der Waals surface area contributed by atoms with E-state index in [4.69, 9.17) is 4.52 Å². The van der Waals surface area contributed by atoms with E-state index in [2.05, 4.69) is 15.5 Å². The monoisotopic (exact) mass is 305 g/mol. The van der Waals surface area contributed by atoms with Gasteiger partial charge in [-0.3, -0.25) is 4.79 Å². The molecule has 112 valence electrons. The van der Waals surface area contributed by atoms with Crippen molar-refractivity contribution in [3.63, 3.8) is 0 Å². The molecule has 1 atom stereocenters. The Bertz CT molecular complexity index is 642. The van der Waals surface area contributed by atoms with Crippen LogP contribution in [0.25, 0.3) is 0 Å². The third-order valence-electron chi connectivity index (χ3n) is 3.94. The van der Waals surface area contributed by atoms with Gasteiger partial charge in [-0.1, -0.05) is 5.16 Å². The number of thiazole rings is 1. The molecule has 0 saturated carbocycles. The summed E-state index contributed by atoms with van der Waals surface area (Å²) >= 11 is 1.69. The highest BCUT2D eigenvalue weighted by atomic mass is 32.1. The van der Waals surface area contributed by atoms with Crippen LogP contribution in [0.2, 0.25) is 0 Å². The molecular weight excluding hydrogens is 286 g/mol. The van der Waals surface area contributed by atoms with Crippen molar-refractivity contribution >= 4 is 17.2 Å². The van der Waals surface area contributed by atoms with Crippen LogP contribution in [0.4, 0.5) is 0 Å². The fraction of sp³-hybridized carbons (Fsp3) is 0.533. The normalized spacial score (nSPS) is 19.0. The molecule has 1 fully saturated rings. The summed E-state index contributed by atoms with van der Waals surface area (Å²) in [6, 6.07) is 0. The molecule has 1 amide bonds. The molecule has 1 aliphatic heterocycles. The van der Waals surface area contributed by atoms with Crippen LogP contribution in [0.1, 0.15) is 51.3 Å². The van der Waals surface area contributed by atoms with Gasteiger partial charge in [0.15, 0.2) is 0 Å². The number of hydrogen-bond acceptors (Lipinski definition) is 5. The third kappa shape index (κ3) is 2.72. The summed E-state index contributed by atoms with van der Waals surface area (Å²) in [7, 11) is 0. The number of aryl methyl sites for hydroxylation is 3. The Kier molecular flexibility index (Phi) is 3.80. The number of likely N-dealkylation sites (tertiary alicyclic amines) is 1. The quantitative estimate of drug-likeness (QED) is 0.855. The zero-order valence-electron chi connectivity index (χ0n) is 12.5. The zero-order valence-corrected chi connectivity index (χ0v) is 13.4. The summed E-state index contributed by atoms with van der Waals surface area (Å²) in [5.41, 5.74) is 2.35. The first-order valence-corrected chi connectivity index (χ1v) is 8.08. The van der Waals surface area contributed by atoms with Crippen molar-refractivity contribution in [2.75, 3.05) is 13.1 Å². The second kappa shape index (κ2) is 5.60. The van der Waals surface area contributed by atoms with Crippen molar-refractivity contribution in [1.29, 1.82) is 0 Å². The van der Waals surface area contributed by atoms with Gasteiger partial charge in [-0.2, -0.15) is 0 Å². The summed E-state index contributed by atoms with van der Waals surface area (Å²) in [5.74, 6) is 0.982. The van der Waals surface area contributed by atoms with E-state index in [-0.39, 0.29) is 5.91 Å². The lowest BCUT2D eigenvalue weighted by atomic mass is 9.98. The molecule has 3 heterocycles. The van der Waals surface area contributed by atoms with Gasteiger partial charge in [0.1, 0.15) is 11.3 Å². The van der Waals surface area contributed by atoms with Crippen LogP contribution in [0.5, 0.6) is 0 Å². The van der Waals surface area contributed by atoms with Crippen molar-refractivity contribution in [3.05, 3.63) is 33.1 Å². The predicted octanol–water partition coefficient (Wildman–Crippen LogP) is 3.08. The minimum absolute atomic E-state index is 0.0317. The van der Waals surface area contributed by atoms with E-state index < -0.39 is 0 Å². The number of amides is 1. The maximum Gasteiger partial charge on any atom is 0.259 e.